The van der Waals surface area contributed by atoms with Gasteiger partial charge in [-0.1, -0.05) is 18.5 Å². The van der Waals surface area contributed by atoms with Crippen LogP contribution >= 0.6 is 38.9 Å². The van der Waals surface area contributed by atoms with Crippen LogP contribution in [0.15, 0.2) is 10.5 Å². The Bertz CT molecular complexity index is 346. The molecule has 0 amide bonds. The molecular weight excluding hydrogens is 322 g/mol. The third-order valence-corrected chi connectivity index (χ3v) is 5.54. The fourth-order valence-electron chi connectivity index (χ4n) is 2.18. The quantitative estimate of drug-likeness (QED) is 0.879. The first-order valence-electron chi connectivity index (χ1n) is 6.02. The molecular formula is C12H17BrClNOS. The second kappa shape index (κ2) is 6.53. The summed E-state index contributed by atoms with van der Waals surface area (Å²) in [4.78, 5) is 1.26. The van der Waals surface area contributed by atoms with Gasteiger partial charge in [0.2, 0.25) is 0 Å². The monoisotopic (exact) mass is 337 g/mol. The van der Waals surface area contributed by atoms with Gasteiger partial charge in [-0.3, -0.25) is 0 Å². The van der Waals surface area contributed by atoms with Crippen LogP contribution in [0.25, 0.3) is 0 Å². The molecule has 1 aliphatic rings. The predicted octanol–water partition coefficient (Wildman–Crippen LogP) is 4.38. The summed E-state index contributed by atoms with van der Waals surface area (Å²) in [5.41, 5.74) is 0. The van der Waals surface area contributed by atoms with E-state index in [9.17, 15) is 0 Å². The van der Waals surface area contributed by atoms with Gasteiger partial charge in [0.15, 0.2) is 0 Å². The maximum Gasteiger partial charge on any atom is 0.107 e. The molecule has 0 aliphatic carbocycles. The lowest BCUT2D eigenvalue weighted by Crippen LogP contribution is -2.35. The van der Waals surface area contributed by atoms with Gasteiger partial charge in [-0.05, 0) is 47.8 Å². The lowest BCUT2D eigenvalue weighted by molar-refractivity contribution is -0.00712. The van der Waals surface area contributed by atoms with E-state index in [-0.39, 0.29) is 12.1 Å². The van der Waals surface area contributed by atoms with Crippen LogP contribution < -0.4 is 5.32 Å². The zero-order valence-corrected chi connectivity index (χ0v) is 13.0. The number of ether oxygens (including phenoxy) is 1. The van der Waals surface area contributed by atoms with E-state index in [2.05, 4.69) is 34.2 Å². The Morgan fingerprint density at radius 2 is 2.47 bits per heavy atom. The average molecular weight is 339 g/mol. The van der Waals surface area contributed by atoms with Crippen molar-refractivity contribution in [1.82, 2.24) is 5.32 Å². The highest BCUT2D eigenvalue weighted by molar-refractivity contribution is 9.10. The summed E-state index contributed by atoms with van der Waals surface area (Å²) in [5, 5.41) is 3.52. The first-order valence-corrected chi connectivity index (χ1v) is 8.00. The predicted molar refractivity (Wildman–Crippen MR) is 77.0 cm³/mol. The van der Waals surface area contributed by atoms with E-state index in [1.54, 1.807) is 11.3 Å². The van der Waals surface area contributed by atoms with Gasteiger partial charge in [0.25, 0.3) is 0 Å². The Morgan fingerprint density at radius 1 is 1.65 bits per heavy atom. The third-order valence-electron chi connectivity index (χ3n) is 2.98. The Hall–Kier alpha value is 0.390. The fraction of sp³-hybridized carbons (Fsp3) is 0.667. The number of likely N-dealkylation sites (N-methyl/N-ethyl adjacent to an activating group) is 1. The van der Waals surface area contributed by atoms with Crippen molar-refractivity contribution in [2.75, 3.05) is 13.2 Å². The number of hydrogen-bond donors (Lipinski definition) is 1. The van der Waals surface area contributed by atoms with Crippen molar-refractivity contribution in [1.29, 1.82) is 0 Å². The van der Waals surface area contributed by atoms with Gasteiger partial charge < -0.3 is 10.1 Å². The average Bonchev–Trinajstić information content (AvgIpc) is 2.67. The molecule has 0 spiro atoms. The normalized spacial score (nSPS) is 22.6. The summed E-state index contributed by atoms with van der Waals surface area (Å²) >= 11 is 11.2. The molecule has 1 aromatic rings. The van der Waals surface area contributed by atoms with Gasteiger partial charge in [-0.2, -0.15) is 0 Å². The van der Waals surface area contributed by atoms with Crippen molar-refractivity contribution in [2.24, 2.45) is 0 Å². The Morgan fingerprint density at radius 3 is 3.00 bits per heavy atom. The van der Waals surface area contributed by atoms with Gasteiger partial charge in [0.1, 0.15) is 4.34 Å². The van der Waals surface area contributed by atoms with Crippen LogP contribution in [0.2, 0.25) is 4.34 Å². The summed E-state index contributed by atoms with van der Waals surface area (Å²) in [6.07, 6.45) is 3.85. The molecule has 96 valence electrons. The van der Waals surface area contributed by atoms with E-state index in [1.165, 1.54) is 17.7 Å². The molecule has 17 heavy (non-hydrogen) atoms. The summed E-state index contributed by atoms with van der Waals surface area (Å²) in [7, 11) is 0. The maximum atomic E-state index is 6.12. The summed E-state index contributed by atoms with van der Waals surface area (Å²) in [6, 6.07) is 2.38. The van der Waals surface area contributed by atoms with Crippen molar-refractivity contribution in [3.63, 3.8) is 0 Å². The largest absolute Gasteiger partial charge is 0.376 e. The molecule has 0 aromatic carbocycles. The van der Waals surface area contributed by atoms with E-state index >= 15 is 0 Å². The van der Waals surface area contributed by atoms with Crippen LogP contribution in [0.1, 0.15) is 37.1 Å². The SMILES string of the molecule is CCNC(c1cc(Br)c(Cl)s1)C1CCCCO1. The highest BCUT2D eigenvalue weighted by Crippen LogP contribution is 2.38. The molecule has 2 unspecified atom stereocenters. The van der Waals surface area contributed by atoms with E-state index in [1.807, 2.05) is 0 Å². The summed E-state index contributed by atoms with van der Waals surface area (Å²) in [6.45, 7) is 3.95. The molecule has 2 nitrogen and oxygen atoms in total. The Balaban J connectivity index is 2.15. The first kappa shape index (κ1) is 13.8. The van der Waals surface area contributed by atoms with Crippen molar-refractivity contribution in [2.45, 2.75) is 38.3 Å². The number of hydrogen-bond acceptors (Lipinski definition) is 3. The molecule has 1 aromatic heterocycles. The molecule has 2 rings (SSSR count). The van der Waals surface area contributed by atoms with Crippen molar-refractivity contribution >= 4 is 38.9 Å². The third kappa shape index (κ3) is 3.44. The summed E-state index contributed by atoms with van der Waals surface area (Å²) in [5.74, 6) is 0. The van der Waals surface area contributed by atoms with Crippen LogP contribution in [-0.4, -0.2) is 19.3 Å². The molecule has 5 heteroatoms. The topological polar surface area (TPSA) is 21.3 Å². The molecule has 2 atom stereocenters. The zero-order chi connectivity index (χ0) is 12.3. The smallest absolute Gasteiger partial charge is 0.107 e. The van der Waals surface area contributed by atoms with Crippen molar-refractivity contribution in [3.05, 3.63) is 19.8 Å². The Labute approximate surface area is 120 Å². The maximum absolute atomic E-state index is 6.12. The van der Waals surface area contributed by atoms with Gasteiger partial charge in [0.05, 0.1) is 12.1 Å². The van der Waals surface area contributed by atoms with Crippen LogP contribution in [0.3, 0.4) is 0 Å². The van der Waals surface area contributed by atoms with Crippen LogP contribution in [-0.2, 0) is 4.74 Å². The van der Waals surface area contributed by atoms with E-state index < -0.39 is 0 Å². The summed E-state index contributed by atoms with van der Waals surface area (Å²) < 4.78 is 7.68. The van der Waals surface area contributed by atoms with E-state index in [4.69, 9.17) is 16.3 Å². The molecule has 0 bridgehead atoms. The number of halogens is 2. The standard InChI is InChI=1S/C12H17BrClNOS/c1-2-15-11(9-5-3-4-6-16-9)10-7-8(13)12(14)17-10/h7,9,11,15H,2-6H2,1H3. The number of nitrogens with one attached hydrogen (secondary N) is 1. The van der Waals surface area contributed by atoms with E-state index in [0.717, 1.165) is 28.4 Å². The second-order valence-electron chi connectivity index (χ2n) is 4.21. The molecule has 1 N–H and O–H groups in total. The van der Waals surface area contributed by atoms with E-state index in [0.29, 0.717) is 0 Å². The molecule has 0 radical (unpaired) electrons. The molecule has 2 heterocycles. The lowest BCUT2D eigenvalue weighted by atomic mass is 10.0. The first-order chi connectivity index (χ1) is 8.22. The number of thiophene rings is 1. The fourth-order valence-corrected chi connectivity index (χ4v) is 4.05. The lowest BCUT2D eigenvalue weighted by Gasteiger charge is -2.30. The van der Waals surface area contributed by atoms with Crippen molar-refractivity contribution in [3.8, 4) is 0 Å². The molecule has 1 aliphatic heterocycles. The Kier molecular flexibility index (Phi) is 5.30. The van der Waals surface area contributed by atoms with Crippen LogP contribution in [0.4, 0.5) is 0 Å². The molecule has 0 saturated carbocycles. The second-order valence-corrected chi connectivity index (χ2v) is 6.75. The van der Waals surface area contributed by atoms with Crippen molar-refractivity contribution < 1.29 is 4.74 Å². The van der Waals surface area contributed by atoms with Crippen LogP contribution in [0.5, 0.6) is 0 Å². The highest BCUT2D eigenvalue weighted by atomic mass is 79.9. The number of rotatable bonds is 4. The van der Waals surface area contributed by atoms with Gasteiger partial charge in [0, 0.05) is 16.0 Å². The van der Waals surface area contributed by atoms with Gasteiger partial charge in [-0.15, -0.1) is 11.3 Å². The minimum absolute atomic E-state index is 0.272. The minimum atomic E-state index is 0.272. The molecule has 1 fully saturated rings. The zero-order valence-electron chi connectivity index (χ0n) is 9.84. The van der Waals surface area contributed by atoms with Crippen LogP contribution in [0, 0.1) is 0 Å². The van der Waals surface area contributed by atoms with Gasteiger partial charge in [-0.25, -0.2) is 0 Å². The highest BCUT2D eigenvalue weighted by Gasteiger charge is 2.27. The minimum Gasteiger partial charge on any atom is -0.376 e. The van der Waals surface area contributed by atoms with Gasteiger partial charge >= 0.3 is 0 Å². The molecule has 1 saturated heterocycles.